The highest BCUT2D eigenvalue weighted by Crippen LogP contribution is 2.36. The third-order valence-electron chi connectivity index (χ3n) is 5.53. The van der Waals surface area contributed by atoms with Gasteiger partial charge in [-0.1, -0.05) is 35.9 Å². The Balaban J connectivity index is 1.60. The summed E-state index contributed by atoms with van der Waals surface area (Å²) in [4.78, 5) is 41.5. The maximum Gasteiger partial charge on any atom is 0.341 e. The van der Waals surface area contributed by atoms with Crippen LogP contribution in [-0.2, 0) is 14.3 Å². The van der Waals surface area contributed by atoms with Gasteiger partial charge in [0.05, 0.1) is 19.7 Å². The van der Waals surface area contributed by atoms with Crippen LogP contribution in [0, 0.1) is 6.92 Å². The van der Waals surface area contributed by atoms with Gasteiger partial charge < -0.3 is 15.4 Å². The summed E-state index contributed by atoms with van der Waals surface area (Å²) in [6.07, 6.45) is 1.65. The Morgan fingerprint density at radius 2 is 1.68 bits per heavy atom. The molecule has 9 heteroatoms. The number of piperazine rings is 1. The van der Waals surface area contributed by atoms with Gasteiger partial charge in [-0.15, -0.1) is 17.9 Å². The van der Waals surface area contributed by atoms with Gasteiger partial charge in [-0.2, -0.15) is 0 Å². The van der Waals surface area contributed by atoms with Crippen LogP contribution in [0.25, 0.3) is 11.1 Å². The lowest BCUT2D eigenvalue weighted by Gasteiger charge is -2.33. The molecule has 0 radical (unpaired) electrons. The summed E-state index contributed by atoms with van der Waals surface area (Å²) in [5, 5.41) is 8.07. The van der Waals surface area contributed by atoms with Crippen molar-refractivity contribution in [2.45, 2.75) is 13.8 Å². The van der Waals surface area contributed by atoms with Gasteiger partial charge in [-0.3, -0.25) is 19.4 Å². The second-order valence-corrected chi connectivity index (χ2v) is 9.01. The highest BCUT2D eigenvalue weighted by Gasteiger charge is 2.25. The molecule has 1 aromatic heterocycles. The number of benzene rings is 1. The van der Waals surface area contributed by atoms with Crippen molar-refractivity contribution in [1.29, 1.82) is 0 Å². The van der Waals surface area contributed by atoms with Gasteiger partial charge in [-0.25, -0.2) is 4.79 Å². The number of hydrogen-bond acceptors (Lipinski definition) is 7. The van der Waals surface area contributed by atoms with Crippen LogP contribution >= 0.6 is 11.3 Å². The minimum atomic E-state index is -0.446. The fourth-order valence-electron chi connectivity index (χ4n) is 3.72. The van der Waals surface area contributed by atoms with E-state index in [1.165, 1.54) is 11.3 Å². The van der Waals surface area contributed by atoms with Crippen molar-refractivity contribution >= 4 is 34.1 Å². The number of rotatable bonds is 10. The van der Waals surface area contributed by atoms with E-state index >= 15 is 0 Å². The van der Waals surface area contributed by atoms with Gasteiger partial charge in [-0.05, 0) is 19.4 Å². The quantitative estimate of drug-likeness (QED) is 0.398. The zero-order valence-corrected chi connectivity index (χ0v) is 20.6. The van der Waals surface area contributed by atoms with E-state index in [0.29, 0.717) is 49.8 Å². The van der Waals surface area contributed by atoms with Gasteiger partial charge in [0.2, 0.25) is 11.8 Å². The zero-order chi connectivity index (χ0) is 24.5. The average molecular weight is 485 g/mol. The second-order valence-electron chi connectivity index (χ2n) is 8.13. The number of carbonyl (C=O) groups excluding carboxylic acids is 3. The molecule has 2 amide bonds. The van der Waals surface area contributed by atoms with Crippen LogP contribution in [0.15, 0.2) is 42.3 Å². The summed E-state index contributed by atoms with van der Waals surface area (Å²) in [5.74, 6) is -0.655. The van der Waals surface area contributed by atoms with E-state index in [1.54, 1.807) is 13.0 Å². The van der Waals surface area contributed by atoms with E-state index in [9.17, 15) is 14.4 Å². The smallest absolute Gasteiger partial charge is 0.341 e. The maximum atomic E-state index is 12.8. The lowest BCUT2D eigenvalue weighted by Crippen LogP contribution is -2.51. The molecule has 1 aromatic carbocycles. The van der Waals surface area contributed by atoms with Crippen LogP contribution in [0.2, 0.25) is 0 Å². The van der Waals surface area contributed by atoms with Crippen molar-refractivity contribution in [3.05, 3.63) is 53.4 Å². The number of nitrogens with zero attached hydrogens (tertiary/aromatic N) is 2. The van der Waals surface area contributed by atoms with Crippen molar-refractivity contribution < 1.29 is 19.1 Å². The topological polar surface area (TPSA) is 91.0 Å². The van der Waals surface area contributed by atoms with Gasteiger partial charge in [0.15, 0.2) is 0 Å². The maximum absolute atomic E-state index is 12.8. The molecule has 1 fully saturated rings. The summed E-state index contributed by atoms with van der Waals surface area (Å²) >= 11 is 1.32. The lowest BCUT2D eigenvalue weighted by molar-refractivity contribution is -0.123. The fourth-order valence-corrected chi connectivity index (χ4v) is 4.69. The molecule has 182 valence electrons. The van der Waals surface area contributed by atoms with E-state index in [2.05, 4.69) is 22.1 Å². The molecule has 0 spiro atoms. The first-order valence-corrected chi connectivity index (χ1v) is 12.3. The summed E-state index contributed by atoms with van der Waals surface area (Å²) in [5.41, 5.74) is 3.17. The number of esters is 1. The molecule has 0 atom stereocenters. The largest absolute Gasteiger partial charge is 0.462 e. The Bertz CT molecular complexity index is 1010. The third-order valence-corrected chi connectivity index (χ3v) is 6.42. The normalized spacial score (nSPS) is 14.4. The van der Waals surface area contributed by atoms with Crippen molar-refractivity contribution in [3.8, 4) is 11.1 Å². The van der Waals surface area contributed by atoms with Gasteiger partial charge in [0.1, 0.15) is 10.6 Å². The lowest BCUT2D eigenvalue weighted by atomic mass is 10.0. The van der Waals surface area contributed by atoms with Crippen molar-refractivity contribution in [3.63, 3.8) is 0 Å². The molecule has 3 rings (SSSR count). The Morgan fingerprint density at radius 3 is 2.26 bits per heavy atom. The van der Waals surface area contributed by atoms with Gasteiger partial charge >= 0.3 is 5.97 Å². The zero-order valence-electron chi connectivity index (χ0n) is 19.8. The van der Waals surface area contributed by atoms with Crippen LogP contribution in [0.4, 0.5) is 5.00 Å². The average Bonchev–Trinajstić information content (AvgIpc) is 3.23. The summed E-state index contributed by atoms with van der Waals surface area (Å²) < 4.78 is 5.27. The highest BCUT2D eigenvalue weighted by molar-refractivity contribution is 7.15. The first-order valence-electron chi connectivity index (χ1n) is 11.4. The minimum Gasteiger partial charge on any atom is -0.462 e. The van der Waals surface area contributed by atoms with Crippen LogP contribution in [0.3, 0.4) is 0 Å². The Morgan fingerprint density at radius 1 is 1.06 bits per heavy atom. The van der Waals surface area contributed by atoms with Crippen LogP contribution in [0.5, 0.6) is 0 Å². The van der Waals surface area contributed by atoms with Crippen molar-refractivity contribution in [1.82, 2.24) is 15.1 Å². The highest BCUT2D eigenvalue weighted by atomic mass is 32.1. The van der Waals surface area contributed by atoms with E-state index in [-0.39, 0.29) is 25.0 Å². The summed E-state index contributed by atoms with van der Waals surface area (Å²) in [6, 6.07) is 7.90. The molecule has 0 bridgehead atoms. The van der Waals surface area contributed by atoms with Crippen molar-refractivity contribution in [2.24, 2.45) is 0 Å². The summed E-state index contributed by atoms with van der Waals surface area (Å²) in [7, 11) is 0. The molecular formula is C25H32N4O4S. The first kappa shape index (κ1) is 25.6. The number of hydrogen-bond donors (Lipinski definition) is 2. The second kappa shape index (κ2) is 12.5. The van der Waals surface area contributed by atoms with E-state index in [0.717, 1.165) is 16.7 Å². The van der Waals surface area contributed by atoms with Crippen LogP contribution < -0.4 is 10.6 Å². The number of thiophene rings is 1. The third kappa shape index (κ3) is 6.99. The number of anilines is 1. The molecule has 2 N–H and O–H groups in total. The number of nitrogens with one attached hydrogen (secondary N) is 2. The molecule has 1 aliphatic rings. The van der Waals surface area contributed by atoms with E-state index in [1.807, 2.05) is 41.5 Å². The Kier molecular flexibility index (Phi) is 9.38. The molecule has 34 heavy (non-hydrogen) atoms. The monoisotopic (exact) mass is 484 g/mol. The number of ether oxygens (including phenoxy) is 1. The SMILES string of the molecule is C=CCNC(=O)CN1CCN(CC(=O)Nc2scc(-c3ccc(C)cc3)c2C(=O)OCC)CC1. The predicted octanol–water partition coefficient (Wildman–Crippen LogP) is 2.76. The van der Waals surface area contributed by atoms with E-state index < -0.39 is 5.97 Å². The fraction of sp³-hybridized carbons (Fsp3) is 0.400. The Labute approximate surface area is 204 Å². The van der Waals surface area contributed by atoms with Crippen LogP contribution in [0.1, 0.15) is 22.8 Å². The molecule has 1 saturated heterocycles. The molecule has 1 aliphatic heterocycles. The number of carbonyl (C=O) groups is 3. The molecule has 0 unspecified atom stereocenters. The summed E-state index contributed by atoms with van der Waals surface area (Å²) in [6.45, 7) is 11.4. The van der Waals surface area contributed by atoms with Crippen molar-refractivity contribution in [2.75, 3.05) is 57.7 Å². The minimum absolute atomic E-state index is 0.0281. The number of amides is 2. The molecule has 0 saturated carbocycles. The number of aryl methyl sites for hydroxylation is 1. The first-order chi connectivity index (χ1) is 16.4. The standard InChI is InChI=1S/C25H32N4O4S/c1-4-10-26-21(30)15-28-11-13-29(14-12-28)16-22(31)27-24-23(25(32)33-5-2)20(17-34-24)19-8-6-18(3)7-9-19/h4,6-9,17H,1,5,10-16H2,2-3H3,(H,26,30)(H,27,31). The molecule has 0 aliphatic carbocycles. The molecular weight excluding hydrogens is 452 g/mol. The van der Waals surface area contributed by atoms with Crippen LogP contribution in [-0.4, -0.2) is 80.0 Å². The molecule has 2 aromatic rings. The predicted molar refractivity (Wildman–Crippen MR) is 135 cm³/mol. The van der Waals surface area contributed by atoms with Gasteiger partial charge in [0.25, 0.3) is 0 Å². The van der Waals surface area contributed by atoms with E-state index in [4.69, 9.17) is 4.74 Å². The molecule has 8 nitrogen and oxygen atoms in total. The Hall–Kier alpha value is -3.01. The molecule has 2 heterocycles. The van der Waals surface area contributed by atoms with Gasteiger partial charge in [0, 0.05) is 43.7 Å².